The second-order valence-corrected chi connectivity index (χ2v) is 12.6. The maximum atomic E-state index is 14.0. The van der Waals surface area contributed by atoms with Crippen LogP contribution >= 0.6 is 0 Å². The summed E-state index contributed by atoms with van der Waals surface area (Å²) in [5, 5.41) is 25.6. The van der Waals surface area contributed by atoms with Crippen molar-refractivity contribution >= 4 is 28.5 Å². The van der Waals surface area contributed by atoms with Crippen LogP contribution in [0.2, 0.25) is 0 Å². The number of hydrogen-bond acceptors (Lipinski definition) is 7. The summed E-state index contributed by atoms with van der Waals surface area (Å²) in [7, 11) is 0. The highest BCUT2D eigenvalue weighted by Gasteiger charge is 2.69. The summed E-state index contributed by atoms with van der Waals surface area (Å²) in [5.74, 6) is -1.05. The molecule has 5 rings (SSSR count). The predicted molar refractivity (Wildman–Crippen MR) is 143 cm³/mol. The van der Waals surface area contributed by atoms with Crippen molar-refractivity contribution < 1.29 is 19.1 Å². The number of nitrogens with one attached hydrogen (secondary N) is 2. The molecule has 1 saturated carbocycles. The number of nitriles is 1. The fourth-order valence-corrected chi connectivity index (χ4v) is 6.28. The van der Waals surface area contributed by atoms with E-state index in [1.54, 1.807) is 11.1 Å². The molecule has 3 aliphatic rings. The van der Waals surface area contributed by atoms with E-state index in [0.29, 0.717) is 31.9 Å². The summed E-state index contributed by atoms with van der Waals surface area (Å²) in [6.45, 7) is 11.2. The van der Waals surface area contributed by atoms with Gasteiger partial charge in [0.15, 0.2) is 6.04 Å². The second kappa shape index (κ2) is 9.87. The Morgan fingerprint density at radius 2 is 1.92 bits per heavy atom. The van der Waals surface area contributed by atoms with Crippen molar-refractivity contribution in [2.75, 3.05) is 19.8 Å². The molecule has 3 heterocycles. The molecule has 6 atom stereocenters. The van der Waals surface area contributed by atoms with Gasteiger partial charge in [-0.15, -0.1) is 0 Å². The molecule has 1 aliphatic carbocycles. The molecule has 0 bridgehead atoms. The first kappa shape index (κ1) is 27.0. The number of piperidine rings is 1. The zero-order valence-electron chi connectivity index (χ0n) is 23.1. The van der Waals surface area contributed by atoms with Gasteiger partial charge in [0.25, 0.3) is 0 Å². The predicted octanol–water partition coefficient (Wildman–Crippen LogP) is 2.36. The van der Waals surface area contributed by atoms with Gasteiger partial charge in [-0.25, -0.2) is 0 Å². The molecule has 10 heteroatoms. The molecule has 39 heavy (non-hydrogen) atoms. The molecular weight excluding hydrogens is 496 g/mol. The topological polar surface area (TPSA) is 137 Å². The Kier molecular flexibility index (Phi) is 6.83. The van der Waals surface area contributed by atoms with E-state index in [9.17, 15) is 19.6 Å². The van der Waals surface area contributed by atoms with Crippen LogP contribution in [0, 0.1) is 39.9 Å². The van der Waals surface area contributed by atoms with E-state index < -0.39 is 29.4 Å². The molecule has 206 valence electrons. The van der Waals surface area contributed by atoms with Gasteiger partial charge in [0.1, 0.15) is 17.8 Å². The second-order valence-electron chi connectivity index (χ2n) is 12.6. The quantitative estimate of drug-likeness (QED) is 0.583. The minimum atomic E-state index is -1.03. The maximum absolute atomic E-state index is 14.0. The molecule has 2 N–H and O–H groups in total. The van der Waals surface area contributed by atoms with Gasteiger partial charge in [0.2, 0.25) is 17.7 Å². The highest BCUT2D eigenvalue weighted by Crippen LogP contribution is 2.65. The fraction of sp³-hybridized carbons (Fsp3) is 0.586. The summed E-state index contributed by atoms with van der Waals surface area (Å²) in [5.41, 5.74) is -0.324. The van der Waals surface area contributed by atoms with Crippen molar-refractivity contribution in [2.24, 2.45) is 28.6 Å². The third-order valence-electron chi connectivity index (χ3n) is 8.75. The Labute approximate surface area is 228 Å². The highest BCUT2D eigenvalue weighted by atomic mass is 16.5. The zero-order chi connectivity index (χ0) is 28.1. The molecular formula is C29H36N6O4. The van der Waals surface area contributed by atoms with Gasteiger partial charge in [0, 0.05) is 23.9 Å². The molecule has 2 aliphatic heterocycles. The van der Waals surface area contributed by atoms with Gasteiger partial charge >= 0.3 is 0 Å². The number of aromatic nitrogens is 2. The Hall–Kier alpha value is -3.58. The molecule has 2 aromatic rings. The van der Waals surface area contributed by atoms with Crippen molar-refractivity contribution in [3.05, 3.63) is 36.2 Å². The fourth-order valence-electron chi connectivity index (χ4n) is 6.28. The molecule has 2 saturated heterocycles. The number of likely N-dealkylation sites (tertiary alicyclic amines) is 1. The van der Waals surface area contributed by atoms with Gasteiger partial charge < -0.3 is 20.3 Å². The first-order valence-electron chi connectivity index (χ1n) is 13.5. The Morgan fingerprint density at radius 1 is 1.18 bits per heavy atom. The number of carbonyl (C=O) groups is 3. The lowest BCUT2D eigenvalue weighted by atomic mass is 9.84. The molecule has 1 aromatic carbocycles. The summed E-state index contributed by atoms with van der Waals surface area (Å²) < 4.78 is 5.36. The largest absolute Gasteiger partial charge is 0.381 e. The first-order valence-corrected chi connectivity index (χ1v) is 13.5. The van der Waals surface area contributed by atoms with E-state index in [4.69, 9.17) is 4.74 Å². The van der Waals surface area contributed by atoms with Crippen molar-refractivity contribution in [3.8, 4) is 6.07 Å². The Balaban J connectivity index is 1.40. The van der Waals surface area contributed by atoms with Gasteiger partial charge in [-0.05, 0) is 29.1 Å². The summed E-state index contributed by atoms with van der Waals surface area (Å²) in [4.78, 5) is 42.5. The van der Waals surface area contributed by atoms with Crippen LogP contribution in [0.25, 0.3) is 10.8 Å². The van der Waals surface area contributed by atoms with Gasteiger partial charge in [-0.3, -0.25) is 14.4 Å². The number of rotatable bonds is 6. The van der Waals surface area contributed by atoms with Gasteiger partial charge in [-0.2, -0.15) is 15.5 Å². The monoisotopic (exact) mass is 532 g/mol. The third kappa shape index (κ3) is 4.84. The van der Waals surface area contributed by atoms with Crippen molar-refractivity contribution in [1.29, 1.82) is 5.26 Å². The van der Waals surface area contributed by atoms with Crippen LogP contribution in [0.1, 0.15) is 52.8 Å². The Morgan fingerprint density at radius 3 is 2.59 bits per heavy atom. The average molecular weight is 533 g/mol. The molecule has 0 radical (unpaired) electrons. The lowest BCUT2D eigenvalue weighted by molar-refractivity contribution is -0.146. The molecule has 0 spiro atoms. The van der Waals surface area contributed by atoms with Crippen LogP contribution in [0.5, 0.6) is 0 Å². The van der Waals surface area contributed by atoms with Crippen LogP contribution in [-0.2, 0) is 19.1 Å². The number of hydrogen-bond donors (Lipinski definition) is 2. The van der Waals surface area contributed by atoms with E-state index in [2.05, 4.69) is 40.7 Å². The van der Waals surface area contributed by atoms with E-state index in [1.165, 1.54) is 0 Å². The van der Waals surface area contributed by atoms with Crippen LogP contribution in [-0.4, -0.2) is 64.7 Å². The highest BCUT2D eigenvalue weighted by molar-refractivity contribution is 5.95. The number of ether oxygens (including phenoxy) is 1. The van der Waals surface area contributed by atoms with Crippen LogP contribution < -0.4 is 10.6 Å². The minimum absolute atomic E-state index is 0.0426. The minimum Gasteiger partial charge on any atom is -0.381 e. The van der Waals surface area contributed by atoms with E-state index >= 15 is 0 Å². The van der Waals surface area contributed by atoms with Crippen molar-refractivity contribution in [1.82, 2.24) is 25.7 Å². The number of fused-ring (bicyclic) bond motifs is 2. The SMILES string of the molecule is CC(C)(C)C(NC(=O)C1CCOC1)C(=O)N1C[C@H]2[C@@H]([C@H]1C(=O)NC(C#N)c1nncc3ccccc13)C2(C)C. The molecule has 3 amide bonds. The van der Waals surface area contributed by atoms with Crippen LogP contribution in [0.4, 0.5) is 0 Å². The standard InChI is InChI=1S/C29H36N6O4/c1-28(2,3)24(33-25(36)17-10-11-39-15-17)27(38)35-14-19-21(29(19,4)5)23(35)26(37)32-20(12-30)22-18-9-7-6-8-16(18)13-31-34-22/h6-9,13,17,19-21,23-24H,10-11,14-15H2,1-5H3,(H,32,37)(H,33,36)/t17?,19-,20?,21-,23-,24?/m0/s1. The van der Waals surface area contributed by atoms with Gasteiger partial charge in [-0.1, -0.05) is 58.9 Å². The Bertz CT molecular complexity index is 1330. The van der Waals surface area contributed by atoms with E-state index in [-0.39, 0.29) is 35.0 Å². The first-order chi connectivity index (χ1) is 18.4. The molecule has 10 nitrogen and oxygen atoms in total. The normalized spacial score (nSPS) is 26.8. The van der Waals surface area contributed by atoms with Gasteiger partial charge in [0.05, 0.1) is 24.8 Å². The summed E-state index contributed by atoms with van der Waals surface area (Å²) in [6, 6.07) is 6.99. The van der Waals surface area contributed by atoms with Crippen LogP contribution in [0.15, 0.2) is 30.5 Å². The smallest absolute Gasteiger partial charge is 0.246 e. The lowest BCUT2D eigenvalue weighted by Crippen LogP contribution is -2.60. The third-order valence-corrected chi connectivity index (χ3v) is 8.75. The number of benzene rings is 1. The van der Waals surface area contributed by atoms with E-state index in [1.807, 2.05) is 45.0 Å². The summed E-state index contributed by atoms with van der Waals surface area (Å²) in [6.07, 6.45) is 2.24. The summed E-state index contributed by atoms with van der Waals surface area (Å²) >= 11 is 0. The number of carbonyl (C=O) groups excluding carboxylic acids is 3. The van der Waals surface area contributed by atoms with Crippen molar-refractivity contribution in [3.63, 3.8) is 0 Å². The molecule has 3 unspecified atom stereocenters. The average Bonchev–Trinajstić information content (AvgIpc) is 3.36. The van der Waals surface area contributed by atoms with Crippen molar-refractivity contribution in [2.45, 2.75) is 59.2 Å². The maximum Gasteiger partial charge on any atom is 0.246 e. The molecule has 3 fully saturated rings. The lowest BCUT2D eigenvalue weighted by Gasteiger charge is -2.38. The molecule has 1 aromatic heterocycles. The zero-order valence-corrected chi connectivity index (χ0v) is 23.1. The number of amides is 3. The van der Waals surface area contributed by atoms with Crippen LogP contribution in [0.3, 0.4) is 0 Å². The van der Waals surface area contributed by atoms with E-state index in [0.717, 1.165) is 10.8 Å². The number of nitrogens with zero attached hydrogens (tertiary/aromatic N) is 4.